The van der Waals surface area contributed by atoms with Crippen LogP contribution in [-0.4, -0.2) is 24.5 Å². The highest BCUT2D eigenvalue weighted by Crippen LogP contribution is 2.27. The number of rotatable bonds is 3. The third-order valence-electron chi connectivity index (χ3n) is 3.13. The molecule has 1 unspecified atom stereocenters. The first kappa shape index (κ1) is 10.6. The maximum absolute atomic E-state index is 13.1. The molecule has 1 nitrogen and oxygen atoms in total. The third-order valence-corrected chi connectivity index (χ3v) is 3.13. The van der Waals surface area contributed by atoms with E-state index in [1.807, 2.05) is 12.1 Å². The standard InChI is InChI=1S/C13H18FN/c1-2-7-15-8-6-12(10-15)11-4-3-5-13(14)9-11/h3-5,9,12H,2,6-8,10H2,1H3. The molecule has 0 radical (unpaired) electrons. The van der Waals surface area contributed by atoms with Crippen LogP contribution in [0.4, 0.5) is 4.39 Å². The van der Waals surface area contributed by atoms with Crippen molar-refractivity contribution in [3.63, 3.8) is 0 Å². The highest BCUT2D eigenvalue weighted by Gasteiger charge is 2.22. The Balaban J connectivity index is 2.01. The normalized spacial score (nSPS) is 22.1. The molecule has 1 fully saturated rings. The van der Waals surface area contributed by atoms with Crippen LogP contribution in [0.5, 0.6) is 0 Å². The Morgan fingerprint density at radius 2 is 2.33 bits per heavy atom. The van der Waals surface area contributed by atoms with Crippen LogP contribution in [0, 0.1) is 5.82 Å². The predicted octanol–water partition coefficient (Wildman–Crippen LogP) is 3.03. The average Bonchev–Trinajstić information content (AvgIpc) is 2.67. The number of benzene rings is 1. The minimum Gasteiger partial charge on any atom is -0.303 e. The van der Waals surface area contributed by atoms with Gasteiger partial charge in [-0.25, -0.2) is 4.39 Å². The molecule has 15 heavy (non-hydrogen) atoms. The molecule has 2 rings (SSSR count). The van der Waals surface area contributed by atoms with E-state index in [1.165, 1.54) is 25.5 Å². The van der Waals surface area contributed by atoms with Crippen molar-refractivity contribution in [3.05, 3.63) is 35.6 Å². The van der Waals surface area contributed by atoms with Crippen LogP contribution in [0.3, 0.4) is 0 Å². The summed E-state index contributed by atoms with van der Waals surface area (Å²) < 4.78 is 13.1. The SMILES string of the molecule is CCCN1CCC(c2cccc(F)c2)C1. The Hall–Kier alpha value is -0.890. The second-order valence-corrected chi connectivity index (χ2v) is 4.34. The van der Waals surface area contributed by atoms with E-state index < -0.39 is 0 Å². The van der Waals surface area contributed by atoms with Gasteiger partial charge in [-0.2, -0.15) is 0 Å². The lowest BCUT2D eigenvalue weighted by molar-refractivity contribution is 0.335. The van der Waals surface area contributed by atoms with Gasteiger partial charge in [-0.15, -0.1) is 0 Å². The van der Waals surface area contributed by atoms with Gasteiger partial charge in [-0.05, 0) is 49.5 Å². The van der Waals surface area contributed by atoms with Crippen molar-refractivity contribution in [1.29, 1.82) is 0 Å². The van der Waals surface area contributed by atoms with Gasteiger partial charge in [0.1, 0.15) is 5.82 Å². The molecule has 1 saturated heterocycles. The molecule has 0 spiro atoms. The van der Waals surface area contributed by atoms with Crippen LogP contribution in [0.2, 0.25) is 0 Å². The van der Waals surface area contributed by atoms with Crippen molar-refractivity contribution in [2.45, 2.75) is 25.7 Å². The van der Waals surface area contributed by atoms with E-state index in [-0.39, 0.29) is 5.82 Å². The lowest BCUT2D eigenvalue weighted by Crippen LogP contribution is -2.20. The molecule has 0 aromatic heterocycles. The monoisotopic (exact) mass is 207 g/mol. The molecule has 1 aromatic carbocycles. The first-order valence-electron chi connectivity index (χ1n) is 5.77. The number of likely N-dealkylation sites (tertiary alicyclic amines) is 1. The Morgan fingerprint density at radius 3 is 3.07 bits per heavy atom. The summed E-state index contributed by atoms with van der Waals surface area (Å²) in [6, 6.07) is 7.05. The summed E-state index contributed by atoms with van der Waals surface area (Å²) in [6.07, 6.45) is 2.37. The summed E-state index contributed by atoms with van der Waals surface area (Å²) in [5, 5.41) is 0. The Bertz CT molecular complexity index is 324. The van der Waals surface area contributed by atoms with Gasteiger partial charge >= 0.3 is 0 Å². The van der Waals surface area contributed by atoms with E-state index in [4.69, 9.17) is 0 Å². The lowest BCUT2D eigenvalue weighted by atomic mass is 9.98. The van der Waals surface area contributed by atoms with Gasteiger partial charge in [0.05, 0.1) is 0 Å². The van der Waals surface area contributed by atoms with Crippen molar-refractivity contribution >= 4 is 0 Å². The first-order chi connectivity index (χ1) is 7.29. The minimum atomic E-state index is -0.110. The van der Waals surface area contributed by atoms with Crippen LogP contribution in [-0.2, 0) is 0 Å². The molecule has 1 atom stereocenters. The summed E-state index contributed by atoms with van der Waals surface area (Å²) in [4.78, 5) is 2.47. The van der Waals surface area contributed by atoms with Gasteiger partial charge in [0.25, 0.3) is 0 Å². The zero-order chi connectivity index (χ0) is 10.7. The third kappa shape index (κ3) is 2.57. The fourth-order valence-electron chi connectivity index (χ4n) is 2.38. The number of hydrogen-bond acceptors (Lipinski definition) is 1. The molecule has 1 heterocycles. The van der Waals surface area contributed by atoms with Gasteiger partial charge in [-0.3, -0.25) is 0 Å². The van der Waals surface area contributed by atoms with Gasteiger partial charge < -0.3 is 4.90 Å². The van der Waals surface area contributed by atoms with Crippen LogP contribution in [0.1, 0.15) is 31.2 Å². The van der Waals surface area contributed by atoms with Crippen molar-refractivity contribution < 1.29 is 4.39 Å². The van der Waals surface area contributed by atoms with Gasteiger partial charge in [0.2, 0.25) is 0 Å². The topological polar surface area (TPSA) is 3.24 Å². The molecule has 1 aliphatic rings. The van der Waals surface area contributed by atoms with E-state index >= 15 is 0 Å². The van der Waals surface area contributed by atoms with E-state index in [1.54, 1.807) is 6.07 Å². The zero-order valence-electron chi connectivity index (χ0n) is 9.25. The Kier molecular flexibility index (Phi) is 3.37. The molecule has 0 saturated carbocycles. The zero-order valence-corrected chi connectivity index (χ0v) is 9.25. The van der Waals surface area contributed by atoms with Gasteiger partial charge in [0, 0.05) is 6.54 Å². The largest absolute Gasteiger partial charge is 0.303 e. The maximum atomic E-state index is 13.1. The fraction of sp³-hybridized carbons (Fsp3) is 0.538. The molecule has 82 valence electrons. The molecule has 1 aromatic rings. The molecule has 0 bridgehead atoms. The minimum absolute atomic E-state index is 0.110. The number of nitrogens with zero attached hydrogens (tertiary/aromatic N) is 1. The van der Waals surface area contributed by atoms with Gasteiger partial charge in [0.15, 0.2) is 0 Å². The predicted molar refractivity (Wildman–Crippen MR) is 60.5 cm³/mol. The quantitative estimate of drug-likeness (QED) is 0.736. The summed E-state index contributed by atoms with van der Waals surface area (Å²) in [7, 11) is 0. The van der Waals surface area contributed by atoms with Gasteiger partial charge in [-0.1, -0.05) is 19.1 Å². The average molecular weight is 207 g/mol. The highest BCUT2D eigenvalue weighted by atomic mass is 19.1. The van der Waals surface area contributed by atoms with Crippen molar-refractivity contribution in [3.8, 4) is 0 Å². The van der Waals surface area contributed by atoms with Crippen molar-refractivity contribution in [2.24, 2.45) is 0 Å². The lowest BCUT2D eigenvalue weighted by Gasteiger charge is -2.14. The summed E-state index contributed by atoms with van der Waals surface area (Å²) in [5.41, 5.74) is 1.16. The fourth-order valence-corrected chi connectivity index (χ4v) is 2.38. The first-order valence-corrected chi connectivity index (χ1v) is 5.77. The summed E-state index contributed by atoms with van der Waals surface area (Å²) in [6.45, 7) is 5.63. The molecule has 2 heteroatoms. The van der Waals surface area contributed by atoms with Crippen LogP contribution in [0.25, 0.3) is 0 Å². The Labute approximate surface area is 90.9 Å². The molecular weight excluding hydrogens is 189 g/mol. The van der Waals surface area contributed by atoms with Crippen molar-refractivity contribution in [2.75, 3.05) is 19.6 Å². The van der Waals surface area contributed by atoms with Crippen LogP contribution >= 0.6 is 0 Å². The molecule has 0 N–H and O–H groups in total. The van der Waals surface area contributed by atoms with E-state index in [0.29, 0.717) is 5.92 Å². The second kappa shape index (κ2) is 4.75. The van der Waals surface area contributed by atoms with E-state index in [0.717, 1.165) is 18.7 Å². The van der Waals surface area contributed by atoms with E-state index in [9.17, 15) is 4.39 Å². The van der Waals surface area contributed by atoms with Crippen LogP contribution in [0.15, 0.2) is 24.3 Å². The molecule has 1 aliphatic heterocycles. The van der Waals surface area contributed by atoms with E-state index in [2.05, 4.69) is 11.8 Å². The van der Waals surface area contributed by atoms with Crippen molar-refractivity contribution in [1.82, 2.24) is 4.90 Å². The smallest absolute Gasteiger partial charge is 0.123 e. The second-order valence-electron chi connectivity index (χ2n) is 4.34. The number of hydrogen-bond donors (Lipinski definition) is 0. The Morgan fingerprint density at radius 1 is 1.47 bits per heavy atom. The van der Waals surface area contributed by atoms with Crippen LogP contribution < -0.4 is 0 Å². The summed E-state index contributed by atoms with van der Waals surface area (Å²) in [5.74, 6) is 0.425. The molecule has 0 aliphatic carbocycles. The molecule has 0 amide bonds. The summed E-state index contributed by atoms with van der Waals surface area (Å²) >= 11 is 0. The highest BCUT2D eigenvalue weighted by molar-refractivity contribution is 5.22. The molecular formula is C13H18FN. The maximum Gasteiger partial charge on any atom is 0.123 e. The number of halogens is 1.